The number of nitrogens with one attached hydrogen (secondary N) is 1. The molecule has 0 unspecified atom stereocenters. The van der Waals surface area contributed by atoms with Crippen LogP contribution in [0, 0.1) is 13.8 Å². The zero-order valence-electron chi connectivity index (χ0n) is 8.46. The zero-order valence-corrected chi connectivity index (χ0v) is 8.46. The van der Waals surface area contributed by atoms with Crippen LogP contribution in [0.2, 0.25) is 0 Å². The van der Waals surface area contributed by atoms with Gasteiger partial charge in [-0.25, -0.2) is 4.98 Å². The molecule has 0 radical (unpaired) electrons. The van der Waals surface area contributed by atoms with Gasteiger partial charge in [-0.3, -0.25) is 4.79 Å². The SMILES string of the molecule is C=CC(=O)NCCc1nc(C)oc1C. The lowest BCUT2D eigenvalue weighted by molar-refractivity contribution is -0.116. The Hall–Kier alpha value is -1.58. The molecule has 0 atom stereocenters. The average Bonchev–Trinajstić information content (AvgIpc) is 2.45. The maximum absolute atomic E-state index is 10.8. The van der Waals surface area contributed by atoms with Gasteiger partial charge < -0.3 is 9.73 Å². The predicted molar refractivity (Wildman–Crippen MR) is 52.9 cm³/mol. The Balaban J connectivity index is 2.42. The van der Waals surface area contributed by atoms with Gasteiger partial charge in [-0.2, -0.15) is 0 Å². The lowest BCUT2D eigenvalue weighted by Gasteiger charge is -1.99. The molecule has 0 aliphatic rings. The van der Waals surface area contributed by atoms with Crippen LogP contribution < -0.4 is 5.32 Å². The number of hydrogen-bond acceptors (Lipinski definition) is 3. The normalized spacial score (nSPS) is 9.86. The van der Waals surface area contributed by atoms with Gasteiger partial charge in [-0.05, 0) is 13.0 Å². The van der Waals surface area contributed by atoms with E-state index in [1.165, 1.54) is 6.08 Å². The monoisotopic (exact) mass is 194 g/mol. The van der Waals surface area contributed by atoms with Crippen LogP contribution in [0.5, 0.6) is 0 Å². The summed E-state index contributed by atoms with van der Waals surface area (Å²) in [5.41, 5.74) is 0.895. The number of nitrogens with zero attached hydrogens (tertiary/aromatic N) is 1. The fraction of sp³-hybridized carbons (Fsp3) is 0.400. The second-order valence-corrected chi connectivity index (χ2v) is 2.98. The first-order chi connectivity index (χ1) is 6.63. The molecule has 1 heterocycles. The molecule has 4 nitrogen and oxygen atoms in total. The fourth-order valence-electron chi connectivity index (χ4n) is 1.18. The third-order valence-electron chi connectivity index (χ3n) is 1.85. The Morgan fingerprint density at radius 3 is 2.86 bits per heavy atom. The van der Waals surface area contributed by atoms with E-state index in [4.69, 9.17) is 4.42 Å². The molecule has 0 saturated carbocycles. The van der Waals surface area contributed by atoms with E-state index in [0.29, 0.717) is 18.9 Å². The first-order valence-corrected chi connectivity index (χ1v) is 4.46. The number of aromatic nitrogens is 1. The Kier molecular flexibility index (Phi) is 3.45. The highest BCUT2D eigenvalue weighted by molar-refractivity contribution is 5.86. The molecule has 0 aromatic carbocycles. The van der Waals surface area contributed by atoms with Gasteiger partial charge in [0.1, 0.15) is 5.76 Å². The van der Waals surface area contributed by atoms with Crippen molar-refractivity contribution in [3.05, 3.63) is 30.0 Å². The number of hydrogen-bond donors (Lipinski definition) is 1. The van der Waals surface area contributed by atoms with Crippen LogP contribution in [0.15, 0.2) is 17.1 Å². The molecule has 76 valence electrons. The summed E-state index contributed by atoms with van der Waals surface area (Å²) in [5, 5.41) is 2.68. The van der Waals surface area contributed by atoms with E-state index in [1.807, 2.05) is 6.92 Å². The van der Waals surface area contributed by atoms with Crippen LogP contribution in [-0.2, 0) is 11.2 Å². The zero-order chi connectivity index (χ0) is 10.6. The van der Waals surface area contributed by atoms with Gasteiger partial charge in [0.2, 0.25) is 5.91 Å². The van der Waals surface area contributed by atoms with Crippen LogP contribution in [0.25, 0.3) is 0 Å². The summed E-state index contributed by atoms with van der Waals surface area (Å²) in [4.78, 5) is 15.0. The largest absolute Gasteiger partial charge is 0.446 e. The topological polar surface area (TPSA) is 55.1 Å². The summed E-state index contributed by atoms with van der Waals surface area (Å²) >= 11 is 0. The molecular weight excluding hydrogens is 180 g/mol. The summed E-state index contributed by atoms with van der Waals surface area (Å²) in [6.45, 7) is 7.59. The lowest BCUT2D eigenvalue weighted by Crippen LogP contribution is -2.23. The highest BCUT2D eigenvalue weighted by Crippen LogP contribution is 2.08. The smallest absolute Gasteiger partial charge is 0.243 e. The molecule has 0 fully saturated rings. The molecule has 4 heteroatoms. The molecule has 1 N–H and O–H groups in total. The van der Waals surface area contributed by atoms with Crippen molar-refractivity contribution < 1.29 is 9.21 Å². The highest BCUT2D eigenvalue weighted by Gasteiger charge is 2.05. The van der Waals surface area contributed by atoms with E-state index in [2.05, 4.69) is 16.9 Å². The minimum atomic E-state index is -0.164. The Bertz CT molecular complexity index is 342. The molecule has 0 spiro atoms. The summed E-state index contributed by atoms with van der Waals surface area (Å²) in [6, 6.07) is 0. The number of carbonyl (C=O) groups excluding carboxylic acids is 1. The van der Waals surface area contributed by atoms with E-state index >= 15 is 0 Å². The van der Waals surface area contributed by atoms with E-state index in [-0.39, 0.29) is 5.91 Å². The van der Waals surface area contributed by atoms with Crippen molar-refractivity contribution in [1.82, 2.24) is 10.3 Å². The van der Waals surface area contributed by atoms with Crippen molar-refractivity contribution in [2.24, 2.45) is 0 Å². The third kappa shape index (κ3) is 2.73. The maximum atomic E-state index is 10.8. The standard InChI is InChI=1S/C10H14N2O2/c1-4-10(13)11-6-5-9-7(2)14-8(3)12-9/h4H,1,5-6H2,2-3H3,(H,11,13). The maximum Gasteiger partial charge on any atom is 0.243 e. The lowest BCUT2D eigenvalue weighted by atomic mass is 10.3. The van der Waals surface area contributed by atoms with Crippen LogP contribution >= 0.6 is 0 Å². The molecule has 0 aliphatic carbocycles. The highest BCUT2D eigenvalue weighted by atomic mass is 16.4. The number of aryl methyl sites for hydroxylation is 2. The number of carbonyl (C=O) groups is 1. The number of rotatable bonds is 4. The molecule has 14 heavy (non-hydrogen) atoms. The van der Waals surface area contributed by atoms with Crippen LogP contribution in [0.1, 0.15) is 17.3 Å². The van der Waals surface area contributed by atoms with Crippen LogP contribution in [-0.4, -0.2) is 17.4 Å². The first kappa shape index (κ1) is 10.5. The molecule has 1 aromatic heterocycles. The summed E-state index contributed by atoms with van der Waals surface area (Å²) in [7, 11) is 0. The summed E-state index contributed by atoms with van der Waals surface area (Å²) < 4.78 is 5.25. The summed E-state index contributed by atoms with van der Waals surface area (Å²) in [6.07, 6.45) is 1.93. The van der Waals surface area contributed by atoms with E-state index < -0.39 is 0 Å². The Morgan fingerprint density at radius 1 is 1.64 bits per heavy atom. The summed E-state index contributed by atoms with van der Waals surface area (Å²) in [5.74, 6) is 1.31. The molecule has 0 bridgehead atoms. The number of amides is 1. The van der Waals surface area contributed by atoms with E-state index in [0.717, 1.165) is 11.5 Å². The average molecular weight is 194 g/mol. The molecular formula is C10H14N2O2. The second-order valence-electron chi connectivity index (χ2n) is 2.98. The molecule has 1 amide bonds. The van der Waals surface area contributed by atoms with Crippen molar-refractivity contribution in [1.29, 1.82) is 0 Å². The quantitative estimate of drug-likeness (QED) is 0.731. The van der Waals surface area contributed by atoms with Crippen molar-refractivity contribution in [3.8, 4) is 0 Å². The minimum Gasteiger partial charge on any atom is -0.446 e. The predicted octanol–water partition coefficient (Wildman–Crippen LogP) is 1.14. The van der Waals surface area contributed by atoms with E-state index in [1.54, 1.807) is 6.92 Å². The Labute approximate surface area is 83.0 Å². The van der Waals surface area contributed by atoms with Gasteiger partial charge in [0, 0.05) is 19.9 Å². The van der Waals surface area contributed by atoms with Crippen molar-refractivity contribution in [2.75, 3.05) is 6.54 Å². The minimum absolute atomic E-state index is 0.164. The second kappa shape index (κ2) is 4.60. The number of oxazole rings is 1. The molecule has 1 rings (SSSR count). The van der Waals surface area contributed by atoms with Gasteiger partial charge in [0.15, 0.2) is 5.89 Å². The van der Waals surface area contributed by atoms with Gasteiger partial charge in [-0.1, -0.05) is 6.58 Å². The van der Waals surface area contributed by atoms with Crippen molar-refractivity contribution >= 4 is 5.91 Å². The van der Waals surface area contributed by atoms with Crippen LogP contribution in [0.4, 0.5) is 0 Å². The van der Waals surface area contributed by atoms with Crippen molar-refractivity contribution in [3.63, 3.8) is 0 Å². The first-order valence-electron chi connectivity index (χ1n) is 4.46. The van der Waals surface area contributed by atoms with Gasteiger partial charge in [-0.15, -0.1) is 0 Å². The molecule has 0 saturated heterocycles. The Morgan fingerprint density at radius 2 is 2.36 bits per heavy atom. The molecule has 0 aliphatic heterocycles. The fourth-order valence-corrected chi connectivity index (χ4v) is 1.18. The van der Waals surface area contributed by atoms with Crippen molar-refractivity contribution in [2.45, 2.75) is 20.3 Å². The third-order valence-corrected chi connectivity index (χ3v) is 1.85. The molecule has 1 aromatic rings. The van der Waals surface area contributed by atoms with Gasteiger partial charge in [0.25, 0.3) is 0 Å². The van der Waals surface area contributed by atoms with Gasteiger partial charge >= 0.3 is 0 Å². The van der Waals surface area contributed by atoms with Crippen LogP contribution in [0.3, 0.4) is 0 Å². The van der Waals surface area contributed by atoms with E-state index in [9.17, 15) is 4.79 Å². The van der Waals surface area contributed by atoms with Gasteiger partial charge in [0.05, 0.1) is 5.69 Å².